The van der Waals surface area contributed by atoms with Gasteiger partial charge in [-0.25, -0.2) is 9.50 Å². The summed E-state index contributed by atoms with van der Waals surface area (Å²) in [7, 11) is 2.00. The van der Waals surface area contributed by atoms with Gasteiger partial charge in [-0.1, -0.05) is 6.07 Å². The van der Waals surface area contributed by atoms with Gasteiger partial charge in [0.1, 0.15) is 5.52 Å². The van der Waals surface area contributed by atoms with E-state index in [4.69, 9.17) is 0 Å². The van der Waals surface area contributed by atoms with Gasteiger partial charge in [0.25, 0.3) is 0 Å². The summed E-state index contributed by atoms with van der Waals surface area (Å²) in [6.45, 7) is 0.721. The average Bonchev–Trinajstić information content (AvgIpc) is 2.87. The topological polar surface area (TPSA) is 46.3 Å². The number of rotatable bonds is 3. The van der Waals surface area contributed by atoms with Crippen LogP contribution in [0.5, 0.6) is 0 Å². The summed E-state index contributed by atoms with van der Waals surface area (Å²) in [5.41, 5.74) is 2.01. The average molecular weight is 239 g/mol. The van der Waals surface area contributed by atoms with Crippen LogP contribution in [0.15, 0.2) is 49.1 Å². The van der Waals surface area contributed by atoms with Crippen LogP contribution in [-0.4, -0.2) is 26.6 Å². The fourth-order valence-corrected chi connectivity index (χ4v) is 1.95. The van der Waals surface area contributed by atoms with E-state index in [9.17, 15) is 0 Å². The molecule has 0 bridgehead atoms. The Hall–Kier alpha value is -2.43. The van der Waals surface area contributed by atoms with Crippen molar-refractivity contribution in [2.24, 2.45) is 0 Å². The Morgan fingerprint density at radius 3 is 2.89 bits per heavy atom. The van der Waals surface area contributed by atoms with E-state index < -0.39 is 0 Å². The molecule has 3 rings (SSSR count). The molecule has 18 heavy (non-hydrogen) atoms. The van der Waals surface area contributed by atoms with Gasteiger partial charge in [-0.2, -0.15) is 5.10 Å². The largest absolute Gasteiger partial charge is 0.352 e. The standard InChI is InChI=1S/C13H13N5/c1-17(10-11-4-2-3-6-14-11)13-12-5-7-16-18(12)9-8-15-13/h2-9H,10H2,1H3. The number of aromatic nitrogens is 4. The predicted molar refractivity (Wildman–Crippen MR) is 69.3 cm³/mol. The van der Waals surface area contributed by atoms with Gasteiger partial charge in [-0.15, -0.1) is 0 Å². The summed E-state index contributed by atoms with van der Waals surface area (Å²) in [5, 5.41) is 4.20. The first-order chi connectivity index (χ1) is 8.84. The number of hydrogen-bond donors (Lipinski definition) is 0. The van der Waals surface area contributed by atoms with E-state index in [0.717, 1.165) is 23.6 Å². The first-order valence-corrected chi connectivity index (χ1v) is 5.74. The Morgan fingerprint density at radius 1 is 1.11 bits per heavy atom. The van der Waals surface area contributed by atoms with Gasteiger partial charge in [0.05, 0.1) is 18.4 Å². The molecule has 5 nitrogen and oxygen atoms in total. The second-order valence-electron chi connectivity index (χ2n) is 4.09. The summed E-state index contributed by atoms with van der Waals surface area (Å²) in [5.74, 6) is 0.903. The fourth-order valence-electron chi connectivity index (χ4n) is 1.95. The monoisotopic (exact) mass is 239 g/mol. The smallest absolute Gasteiger partial charge is 0.154 e. The molecule has 0 fully saturated rings. The fraction of sp³-hybridized carbons (Fsp3) is 0.154. The number of fused-ring (bicyclic) bond motifs is 1. The quantitative estimate of drug-likeness (QED) is 0.698. The molecule has 0 amide bonds. The maximum Gasteiger partial charge on any atom is 0.154 e. The Bertz CT molecular complexity index is 647. The molecule has 0 aromatic carbocycles. The molecule has 3 aromatic heterocycles. The summed E-state index contributed by atoms with van der Waals surface area (Å²) in [6, 6.07) is 7.87. The molecular formula is C13H13N5. The van der Waals surface area contributed by atoms with Crippen molar-refractivity contribution in [1.82, 2.24) is 19.6 Å². The number of pyridine rings is 1. The maximum atomic E-state index is 4.41. The molecule has 0 spiro atoms. The molecular weight excluding hydrogens is 226 g/mol. The van der Waals surface area contributed by atoms with Gasteiger partial charge < -0.3 is 4.90 Å². The summed E-state index contributed by atoms with van der Waals surface area (Å²) in [4.78, 5) is 10.8. The van der Waals surface area contributed by atoms with E-state index in [2.05, 4.69) is 20.0 Å². The molecule has 0 saturated carbocycles. The molecule has 90 valence electrons. The maximum absolute atomic E-state index is 4.41. The van der Waals surface area contributed by atoms with E-state index in [1.54, 1.807) is 18.6 Å². The third-order valence-corrected chi connectivity index (χ3v) is 2.79. The molecule has 3 heterocycles. The lowest BCUT2D eigenvalue weighted by Gasteiger charge is -2.18. The van der Waals surface area contributed by atoms with Crippen LogP contribution in [0.2, 0.25) is 0 Å². The van der Waals surface area contributed by atoms with Gasteiger partial charge in [-0.05, 0) is 18.2 Å². The molecule has 0 aliphatic carbocycles. The van der Waals surface area contributed by atoms with E-state index in [1.807, 2.05) is 42.0 Å². The van der Waals surface area contributed by atoms with Crippen LogP contribution in [-0.2, 0) is 6.54 Å². The van der Waals surface area contributed by atoms with Crippen LogP contribution in [0.3, 0.4) is 0 Å². The van der Waals surface area contributed by atoms with Crippen molar-refractivity contribution in [3.63, 3.8) is 0 Å². The first-order valence-electron chi connectivity index (χ1n) is 5.74. The number of anilines is 1. The van der Waals surface area contributed by atoms with E-state index >= 15 is 0 Å². The molecule has 0 radical (unpaired) electrons. The van der Waals surface area contributed by atoms with Gasteiger partial charge in [0.2, 0.25) is 0 Å². The Balaban J connectivity index is 1.92. The third-order valence-electron chi connectivity index (χ3n) is 2.79. The molecule has 0 aliphatic rings. The molecule has 0 aliphatic heterocycles. The van der Waals surface area contributed by atoms with Crippen molar-refractivity contribution in [3.8, 4) is 0 Å². The molecule has 0 saturated heterocycles. The number of nitrogens with zero attached hydrogens (tertiary/aromatic N) is 5. The van der Waals surface area contributed by atoms with Crippen molar-refractivity contribution < 1.29 is 0 Å². The lowest BCUT2D eigenvalue weighted by molar-refractivity contribution is 0.854. The van der Waals surface area contributed by atoms with Crippen LogP contribution < -0.4 is 4.90 Å². The zero-order chi connectivity index (χ0) is 12.4. The number of hydrogen-bond acceptors (Lipinski definition) is 4. The SMILES string of the molecule is CN(Cc1ccccn1)c1nccn2nccc12. The van der Waals surface area contributed by atoms with Crippen molar-refractivity contribution in [2.45, 2.75) is 6.54 Å². The van der Waals surface area contributed by atoms with E-state index in [-0.39, 0.29) is 0 Å². The lowest BCUT2D eigenvalue weighted by Crippen LogP contribution is -2.19. The summed E-state index contributed by atoms with van der Waals surface area (Å²) >= 11 is 0. The van der Waals surface area contributed by atoms with Crippen molar-refractivity contribution in [2.75, 3.05) is 11.9 Å². The molecule has 0 N–H and O–H groups in total. The minimum Gasteiger partial charge on any atom is -0.352 e. The van der Waals surface area contributed by atoms with E-state index in [1.165, 1.54) is 0 Å². The highest BCUT2D eigenvalue weighted by Gasteiger charge is 2.09. The third kappa shape index (κ3) is 1.90. The zero-order valence-corrected chi connectivity index (χ0v) is 10.1. The van der Waals surface area contributed by atoms with Crippen molar-refractivity contribution in [1.29, 1.82) is 0 Å². The highest BCUT2D eigenvalue weighted by Crippen LogP contribution is 2.17. The molecule has 0 unspecified atom stereocenters. The summed E-state index contributed by atoms with van der Waals surface area (Å²) in [6.07, 6.45) is 7.17. The molecule has 5 heteroatoms. The second-order valence-corrected chi connectivity index (χ2v) is 4.09. The zero-order valence-electron chi connectivity index (χ0n) is 10.1. The van der Waals surface area contributed by atoms with Crippen LogP contribution in [0.1, 0.15) is 5.69 Å². The van der Waals surface area contributed by atoms with Gasteiger partial charge >= 0.3 is 0 Å². The highest BCUT2D eigenvalue weighted by atomic mass is 15.3. The molecule has 3 aromatic rings. The lowest BCUT2D eigenvalue weighted by atomic mass is 10.3. The van der Waals surface area contributed by atoms with Crippen LogP contribution >= 0.6 is 0 Å². The van der Waals surface area contributed by atoms with E-state index in [0.29, 0.717) is 0 Å². The predicted octanol–water partition coefficient (Wildman–Crippen LogP) is 1.76. The van der Waals surface area contributed by atoms with Gasteiger partial charge in [0, 0.05) is 25.6 Å². The second kappa shape index (κ2) is 4.44. The Kier molecular flexibility index (Phi) is 2.64. The minimum atomic E-state index is 0.721. The molecule has 0 atom stereocenters. The minimum absolute atomic E-state index is 0.721. The van der Waals surface area contributed by atoms with Gasteiger partial charge in [0.15, 0.2) is 5.82 Å². The van der Waals surface area contributed by atoms with Crippen LogP contribution in [0.4, 0.5) is 5.82 Å². The van der Waals surface area contributed by atoms with Crippen molar-refractivity contribution >= 4 is 11.3 Å². The summed E-state index contributed by atoms with van der Waals surface area (Å²) < 4.78 is 1.82. The Labute approximate surface area is 105 Å². The normalized spacial score (nSPS) is 10.7. The van der Waals surface area contributed by atoms with Crippen molar-refractivity contribution in [3.05, 3.63) is 54.7 Å². The highest BCUT2D eigenvalue weighted by molar-refractivity contribution is 5.67. The van der Waals surface area contributed by atoms with Crippen LogP contribution in [0, 0.1) is 0 Å². The first kappa shape index (κ1) is 10.7. The van der Waals surface area contributed by atoms with Crippen LogP contribution in [0.25, 0.3) is 5.52 Å². The Morgan fingerprint density at radius 2 is 2.06 bits per heavy atom. The van der Waals surface area contributed by atoms with Gasteiger partial charge in [-0.3, -0.25) is 4.98 Å².